The predicted octanol–water partition coefficient (Wildman–Crippen LogP) is 4.17. The summed E-state index contributed by atoms with van der Waals surface area (Å²) in [5, 5.41) is 2.93. The molecule has 0 aliphatic rings. The molecule has 0 aliphatic carbocycles. The van der Waals surface area contributed by atoms with E-state index in [0.29, 0.717) is 0 Å². The van der Waals surface area contributed by atoms with Crippen LogP contribution in [0.1, 0.15) is 0 Å². The Balaban J connectivity index is 2.07. The second kappa shape index (κ2) is 6.33. The van der Waals surface area contributed by atoms with E-state index in [1.807, 2.05) is 11.2 Å². The molecule has 0 aromatic heterocycles. The molecule has 0 nitrogen and oxygen atoms in total. The van der Waals surface area contributed by atoms with Gasteiger partial charge < -0.3 is 0 Å². The molecule has 0 bridgehead atoms. The zero-order valence-electron chi connectivity index (χ0n) is 12.1. The topological polar surface area (TPSA) is 0 Å². The van der Waals surface area contributed by atoms with Crippen LogP contribution in [0.3, 0.4) is 0 Å². The first-order valence-electron chi connectivity index (χ1n) is 7.14. The quantitative estimate of drug-likeness (QED) is 0.652. The van der Waals surface area contributed by atoms with Crippen molar-refractivity contribution in [2.45, 2.75) is 11.4 Å². The van der Waals surface area contributed by atoms with Gasteiger partial charge in [0.05, 0.1) is 0 Å². The molecule has 3 aromatic rings. The third-order valence-corrected chi connectivity index (χ3v) is 10.8. The fourth-order valence-electron chi connectivity index (χ4n) is 2.52. The van der Waals surface area contributed by atoms with Gasteiger partial charge in [0, 0.05) is 4.90 Å². The summed E-state index contributed by atoms with van der Waals surface area (Å²) in [4.78, 5) is 1.35. The highest BCUT2D eigenvalue weighted by atomic mass is 32.4. The molecule has 0 atom stereocenters. The summed E-state index contributed by atoms with van der Waals surface area (Å²) >= 11 is 2.04. The van der Waals surface area contributed by atoms with Crippen LogP contribution in [-0.2, 0) is 0 Å². The summed E-state index contributed by atoms with van der Waals surface area (Å²) in [6.45, 7) is 2.44. The van der Waals surface area contributed by atoms with Crippen molar-refractivity contribution >= 4 is 28.8 Å². The van der Waals surface area contributed by atoms with Crippen LogP contribution in [0, 0.1) is 0 Å². The van der Waals surface area contributed by atoms with E-state index in [0.717, 1.165) is 0 Å². The molecule has 3 aromatic carbocycles. The van der Waals surface area contributed by atoms with E-state index in [1.165, 1.54) is 15.3 Å². The van der Waals surface area contributed by atoms with E-state index >= 15 is 0 Å². The van der Waals surface area contributed by atoms with Gasteiger partial charge in [0.2, 0.25) is 0 Å². The molecule has 0 unspecified atom stereocenters. The Labute approximate surface area is 131 Å². The Morgan fingerprint density at radius 3 is 1.38 bits per heavy atom. The second-order valence-electron chi connectivity index (χ2n) is 5.18. The summed E-state index contributed by atoms with van der Waals surface area (Å²) in [5.74, 6) is 0. The van der Waals surface area contributed by atoms with Gasteiger partial charge in [0.15, 0.2) is 7.22 Å². The van der Waals surface area contributed by atoms with Crippen LogP contribution in [0.4, 0.5) is 0 Å². The lowest BCUT2D eigenvalue weighted by atomic mass is 10.4. The van der Waals surface area contributed by atoms with Crippen LogP contribution >= 0.6 is 11.2 Å². The third-order valence-electron chi connectivity index (χ3n) is 3.71. The number of benzene rings is 3. The van der Waals surface area contributed by atoms with Crippen molar-refractivity contribution in [1.29, 1.82) is 0 Å². The van der Waals surface area contributed by atoms with Crippen LogP contribution in [0.5, 0.6) is 0 Å². The molecule has 21 heavy (non-hydrogen) atoms. The number of hydrogen-bond donors (Lipinski definition) is 0. The Morgan fingerprint density at radius 2 is 0.952 bits per heavy atom. The highest BCUT2D eigenvalue weighted by molar-refractivity contribution is 8.31. The third kappa shape index (κ3) is 3.12. The molecule has 0 radical (unpaired) electrons. The molecule has 0 aliphatic heterocycles. The monoisotopic (exact) mass is 306 g/mol. The van der Waals surface area contributed by atoms with E-state index in [4.69, 9.17) is 0 Å². The molecule has 0 amide bonds. The SMILES string of the molecule is C[Si](Sc1ccccc1)(c1ccccc1)c1ccccc1. The zero-order valence-corrected chi connectivity index (χ0v) is 13.9. The number of hydrogen-bond acceptors (Lipinski definition) is 1. The summed E-state index contributed by atoms with van der Waals surface area (Å²) < 4.78 is 0. The first kappa shape index (κ1) is 14.2. The van der Waals surface area contributed by atoms with Gasteiger partial charge in [-0.15, -0.1) is 11.2 Å². The molecule has 0 fully saturated rings. The molecular weight excluding hydrogens is 288 g/mol. The van der Waals surface area contributed by atoms with Crippen molar-refractivity contribution in [2.75, 3.05) is 0 Å². The Bertz CT molecular complexity index is 641. The molecule has 0 saturated heterocycles. The standard InChI is InChI=1S/C19H18SSi/c1-21(18-13-7-3-8-14-18,19-15-9-4-10-16-19)20-17-11-5-2-6-12-17/h2-16H,1H3. The molecule has 0 N–H and O–H groups in total. The van der Waals surface area contributed by atoms with Gasteiger partial charge in [-0.2, -0.15) is 0 Å². The van der Waals surface area contributed by atoms with Crippen molar-refractivity contribution in [3.63, 3.8) is 0 Å². The van der Waals surface area contributed by atoms with Crippen LogP contribution in [0.2, 0.25) is 6.55 Å². The van der Waals surface area contributed by atoms with E-state index in [-0.39, 0.29) is 0 Å². The fraction of sp³-hybridized carbons (Fsp3) is 0.0526. The van der Waals surface area contributed by atoms with Crippen LogP contribution in [-0.4, -0.2) is 7.22 Å². The van der Waals surface area contributed by atoms with Crippen molar-refractivity contribution in [2.24, 2.45) is 0 Å². The molecule has 3 rings (SSSR count). The zero-order chi connectivity index (χ0) is 14.5. The second-order valence-corrected chi connectivity index (χ2v) is 12.1. The van der Waals surface area contributed by atoms with Crippen molar-refractivity contribution in [3.8, 4) is 0 Å². The highest BCUT2D eigenvalue weighted by Crippen LogP contribution is 2.28. The predicted molar refractivity (Wildman–Crippen MR) is 96.1 cm³/mol. The Kier molecular flexibility index (Phi) is 4.27. The van der Waals surface area contributed by atoms with Gasteiger partial charge in [0.1, 0.15) is 0 Å². The van der Waals surface area contributed by atoms with Gasteiger partial charge >= 0.3 is 0 Å². The van der Waals surface area contributed by atoms with Gasteiger partial charge in [-0.3, -0.25) is 0 Å². The van der Waals surface area contributed by atoms with Crippen molar-refractivity contribution in [1.82, 2.24) is 0 Å². The number of rotatable bonds is 4. The fourth-order valence-corrected chi connectivity index (χ4v) is 8.86. The summed E-state index contributed by atoms with van der Waals surface area (Å²) in [5.41, 5.74) is 0. The van der Waals surface area contributed by atoms with Crippen molar-refractivity contribution in [3.05, 3.63) is 91.0 Å². The van der Waals surface area contributed by atoms with E-state index in [9.17, 15) is 0 Å². The molecule has 0 heterocycles. The van der Waals surface area contributed by atoms with Crippen molar-refractivity contribution < 1.29 is 0 Å². The van der Waals surface area contributed by atoms with E-state index < -0.39 is 7.22 Å². The lowest BCUT2D eigenvalue weighted by Crippen LogP contribution is -2.52. The molecule has 104 valence electrons. The van der Waals surface area contributed by atoms with E-state index in [1.54, 1.807) is 0 Å². The maximum Gasteiger partial charge on any atom is 0.181 e. The highest BCUT2D eigenvalue weighted by Gasteiger charge is 2.33. The Morgan fingerprint density at radius 1 is 0.571 bits per heavy atom. The first-order valence-corrected chi connectivity index (χ1v) is 11.2. The van der Waals surface area contributed by atoms with Gasteiger partial charge in [-0.05, 0) is 22.5 Å². The largest absolute Gasteiger partial charge is 0.181 e. The smallest absolute Gasteiger partial charge is 0.140 e. The van der Waals surface area contributed by atoms with Gasteiger partial charge in [-0.25, -0.2) is 0 Å². The van der Waals surface area contributed by atoms with Gasteiger partial charge in [-0.1, -0.05) is 85.4 Å². The lowest BCUT2D eigenvalue weighted by Gasteiger charge is -2.28. The summed E-state index contributed by atoms with van der Waals surface area (Å²) in [7, 11) is -1.83. The first-order chi connectivity index (χ1) is 10.3. The minimum absolute atomic E-state index is 1.35. The minimum atomic E-state index is -1.83. The maximum absolute atomic E-state index is 2.44. The lowest BCUT2D eigenvalue weighted by molar-refractivity contribution is 1.47. The summed E-state index contributed by atoms with van der Waals surface area (Å²) in [6.07, 6.45) is 0. The molecule has 0 spiro atoms. The Hall–Kier alpha value is -1.77. The summed E-state index contributed by atoms with van der Waals surface area (Å²) in [6, 6.07) is 32.6. The minimum Gasteiger partial charge on any atom is -0.140 e. The average Bonchev–Trinajstić information content (AvgIpc) is 2.57. The van der Waals surface area contributed by atoms with Crippen LogP contribution < -0.4 is 10.4 Å². The average molecular weight is 307 g/mol. The van der Waals surface area contributed by atoms with Crippen LogP contribution in [0.15, 0.2) is 95.9 Å². The normalized spacial score (nSPS) is 11.3. The molecular formula is C19H18SSi. The molecule has 2 heteroatoms. The van der Waals surface area contributed by atoms with Gasteiger partial charge in [0.25, 0.3) is 0 Å². The van der Waals surface area contributed by atoms with E-state index in [2.05, 4.69) is 97.5 Å². The maximum atomic E-state index is 2.44. The van der Waals surface area contributed by atoms with Crippen LogP contribution in [0.25, 0.3) is 0 Å². The molecule has 0 saturated carbocycles.